The number of aliphatic hydroxyl groups excluding tert-OH is 3. The fourth-order valence-corrected chi connectivity index (χ4v) is 6.88. The molecule has 13 heteroatoms. The number of primary amides is 1. The number of carbonyl (C=O) groups excluding carboxylic acids is 4. The van der Waals surface area contributed by atoms with E-state index in [-0.39, 0.29) is 17.8 Å². The number of hydrogen-bond acceptors (Lipinski definition) is 10. The Bertz CT molecular complexity index is 1640. The average Bonchev–Trinajstić information content (AvgIpc) is 3.39. The number of ketones is 2. The molecule has 3 aliphatic carbocycles. The fraction of sp³-hybridized carbons (Fsp3) is 0.400. The van der Waals surface area contributed by atoms with Crippen molar-refractivity contribution in [2.75, 3.05) is 19.4 Å². The lowest BCUT2D eigenvalue weighted by molar-refractivity contribution is -0.162. The van der Waals surface area contributed by atoms with Gasteiger partial charge in [-0.15, -0.1) is 0 Å². The van der Waals surface area contributed by atoms with Gasteiger partial charge in [0.25, 0.3) is 5.91 Å². The molecule has 228 valence electrons. The van der Waals surface area contributed by atoms with Gasteiger partial charge in [-0.05, 0) is 49.7 Å². The number of aromatic hydroxyl groups is 1. The minimum absolute atomic E-state index is 0.0623. The molecule has 0 radical (unpaired) electrons. The zero-order valence-electron chi connectivity index (χ0n) is 24.0. The molecule has 3 aliphatic rings. The van der Waals surface area contributed by atoms with Gasteiger partial charge < -0.3 is 41.2 Å². The number of phenols is 1. The van der Waals surface area contributed by atoms with Crippen LogP contribution in [0, 0.1) is 11.8 Å². The number of fused-ring (bicyclic) bond motifs is 3. The van der Waals surface area contributed by atoms with Crippen LogP contribution in [0.4, 0.5) is 5.69 Å². The number of aryl methyl sites for hydroxylation is 1. The third-order valence-electron chi connectivity index (χ3n) is 8.95. The summed E-state index contributed by atoms with van der Waals surface area (Å²) in [6.45, 7) is 3.55. The molecule has 0 fully saturated rings. The summed E-state index contributed by atoms with van der Waals surface area (Å²) < 4.78 is 1.67. The maximum absolute atomic E-state index is 14.0. The van der Waals surface area contributed by atoms with Crippen molar-refractivity contribution < 1.29 is 44.7 Å². The predicted molar refractivity (Wildman–Crippen MR) is 152 cm³/mol. The molecule has 0 saturated heterocycles. The van der Waals surface area contributed by atoms with Crippen LogP contribution < -0.4 is 11.1 Å². The summed E-state index contributed by atoms with van der Waals surface area (Å²) in [6, 6.07) is 3.46. The van der Waals surface area contributed by atoms with E-state index in [9.17, 15) is 44.7 Å². The van der Waals surface area contributed by atoms with Crippen molar-refractivity contribution in [3.8, 4) is 5.75 Å². The Hall–Kier alpha value is -4.46. The molecular formula is C30H34N4O9. The van der Waals surface area contributed by atoms with E-state index in [4.69, 9.17) is 5.73 Å². The zero-order chi connectivity index (χ0) is 31.7. The summed E-state index contributed by atoms with van der Waals surface area (Å²) in [7, 11) is 2.94. The van der Waals surface area contributed by atoms with Crippen LogP contribution in [0.2, 0.25) is 0 Å². The first kappa shape index (κ1) is 30.0. The zero-order valence-corrected chi connectivity index (χ0v) is 24.0. The molecule has 0 saturated carbocycles. The highest BCUT2D eigenvalue weighted by molar-refractivity contribution is 6.25. The summed E-state index contributed by atoms with van der Waals surface area (Å²) >= 11 is 0. The number of hydrogen-bond donors (Lipinski definition) is 7. The molecule has 1 aromatic carbocycles. The van der Waals surface area contributed by atoms with Crippen molar-refractivity contribution in [2.24, 2.45) is 17.6 Å². The molecule has 43 heavy (non-hydrogen) atoms. The molecule has 2 aromatic rings. The van der Waals surface area contributed by atoms with Crippen LogP contribution in [0.15, 0.2) is 53.3 Å². The first-order chi connectivity index (χ1) is 20.2. The Morgan fingerprint density at radius 3 is 2.40 bits per heavy atom. The van der Waals surface area contributed by atoms with Crippen molar-refractivity contribution in [1.29, 1.82) is 0 Å². The van der Waals surface area contributed by atoms with Crippen LogP contribution in [0.25, 0.3) is 0 Å². The standard InChI is InChI=1S/C30H34N4O9/c1-5-13-8-9-34(10-13)11-16(35)32-15-7-6-14-12(2)17-19(24(37)18(14)23(15)36)27(40)30(43)21(25(17)38)22(33(3)4)26(39)20(28(30)41)29(31)42/h6-10,12,17,21-22,25,36,38-40,43H,5,11H2,1-4H3,(H2,31,42)(H,32,35)/t12?,17?,21?,22-,25?,30-/m0/s1. The Morgan fingerprint density at radius 2 is 1.81 bits per heavy atom. The number of nitrogens with zero attached hydrogens (tertiary/aromatic N) is 2. The highest BCUT2D eigenvalue weighted by atomic mass is 16.4. The molecule has 1 heterocycles. The van der Waals surface area contributed by atoms with E-state index < -0.39 is 87.3 Å². The number of Topliss-reactive ketones (excluding diaryl/α,β-unsaturated/α-hetero) is 2. The minimum Gasteiger partial charge on any atom is -0.510 e. The molecule has 8 N–H and O–H groups in total. The summed E-state index contributed by atoms with van der Waals surface area (Å²) in [5, 5.41) is 59.6. The number of aliphatic hydroxyl groups is 4. The summed E-state index contributed by atoms with van der Waals surface area (Å²) in [5.41, 5.74) is 1.82. The Labute approximate surface area is 246 Å². The van der Waals surface area contributed by atoms with Gasteiger partial charge in [-0.3, -0.25) is 24.1 Å². The van der Waals surface area contributed by atoms with Crippen LogP contribution in [0.1, 0.15) is 41.3 Å². The van der Waals surface area contributed by atoms with Gasteiger partial charge >= 0.3 is 0 Å². The molecule has 13 nitrogen and oxygen atoms in total. The maximum Gasteiger partial charge on any atom is 0.255 e. The second kappa shape index (κ2) is 10.4. The molecule has 0 bridgehead atoms. The van der Waals surface area contributed by atoms with Gasteiger partial charge in [-0.1, -0.05) is 19.9 Å². The van der Waals surface area contributed by atoms with Crippen molar-refractivity contribution in [3.63, 3.8) is 0 Å². The van der Waals surface area contributed by atoms with Crippen LogP contribution >= 0.6 is 0 Å². The van der Waals surface area contributed by atoms with Crippen molar-refractivity contribution >= 4 is 29.1 Å². The molecule has 2 amide bonds. The normalized spacial score (nSPS) is 28.5. The van der Waals surface area contributed by atoms with Crippen LogP contribution in [-0.4, -0.2) is 90.2 Å². The number of carbonyl (C=O) groups is 4. The Balaban J connectivity index is 1.60. The molecule has 6 atom stereocenters. The molecule has 0 aliphatic heterocycles. The number of phenolic OH excluding ortho intramolecular Hbond substituents is 1. The Morgan fingerprint density at radius 1 is 1.14 bits per heavy atom. The van der Waals surface area contributed by atoms with Gasteiger partial charge in [0.2, 0.25) is 11.7 Å². The van der Waals surface area contributed by atoms with E-state index in [0.717, 1.165) is 12.0 Å². The first-order valence-electron chi connectivity index (χ1n) is 13.8. The van der Waals surface area contributed by atoms with E-state index in [0.29, 0.717) is 5.56 Å². The summed E-state index contributed by atoms with van der Waals surface area (Å²) in [5.74, 6) is -10.3. The second-order valence-electron chi connectivity index (χ2n) is 11.6. The third kappa shape index (κ3) is 4.26. The van der Waals surface area contributed by atoms with Gasteiger partial charge in [-0.25, -0.2) is 0 Å². The number of amides is 2. The van der Waals surface area contributed by atoms with Gasteiger partial charge in [-0.2, -0.15) is 0 Å². The average molecular weight is 595 g/mol. The van der Waals surface area contributed by atoms with Gasteiger partial charge in [0.15, 0.2) is 17.1 Å². The van der Waals surface area contributed by atoms with Crippen LogP contribution in [-0.2, 0) is 27.3 Å². The van der Waals surface area contributed by atoms with Gasteiger partial charge in [0.05, 0.1) is 29.3 Å². The quantitative estimate of drug-likeness (QED) is 0.183. The highest BCUT2D eigenvalue weighted by Crippen LogP contribution is 2.56. The van der Waals surface area contributed by atoms with Crippen molar-refractivity contribution in [3.05, 3.63) is 69.9 Å². The van der Waals surface area contributed by atoms with Crippen LogP contribution in [0.5, 0.6) is 5.75 Å². The van der Waals surface area contributed by atoms with E-state index in [1.165, 1.54) is 31.1 Å². The number of aromatic nitrogens is 1. The number of rotatable bonds is 6. The van der Waals surface area contributed by atoms with E-state index in [2.05, 4.69) is 5.32 Å². The largest absolute Gasteiger partial charge is 0.510 e. The number of anilines is 1. The number of benzene rings is 1. The highest BCUT2D eigenvalue weighted by Gasteiger charge is 2.67. The lowest BCUT2D eigenvalue weighted by atomic mass is 9.55. The fourth-order valence-electron chi connectivity index (χ4n) is 6.88. The number of nitrogens with two attached hydrogens (primary N) is 1. The number of nitrogens with one attached hydrogen (secondary N) is 1. The molecular weight excluding hydrogens is 560 g/mol. The van der Waals surface area contributed by atoms with E-state index >= 15 is 0 Å². The molecule has 0 spiro atoms. The lowest BCUT2D eigenvalue weighted by Gasteiger charge is -2.53. The summed E-state index contributed by atoms with van der Waals surface area (Å²) in [6.07, 6.45) is 2.65. The lowest BCUT2D eigenvalue weighted by Crippen LogP contribution is -2.68. The van der Waals surface area contributed by atoms with Gasteiger partial charge in [0.1, 0.15) is 23.6 Å². The third-order valence-corrected chi connectivity index (χ3v) is 8.95. The van der Waals surface area contributed by atoms with E-state index in [1.807, 2.05) is 19.2 Å². The summed E-state index contributed by atoms with van der Waals surface area (Å²) in [4.78, 5) is 53.7. The van der Waals surface area contributed by atoms with Crippen LogP contribution in [0.3, 0.4) is 0 Å². The SMILES string of the molecule is CCc1ccn(CC(=O)Nc2ccc3c(c2O)C(=O)C2=C(O)[C@]4(O)C(=O)C(C(N)=O)=C(O)[C@@H](N(C)C)C4C(O)C2C3C)c1. The molecule has 1 aromatic heterocycles. The second-order valence-corrected chi connectivity index (χ2v) is 11.6. The monoisotopic (exact) mass is 594 g/mol. The number of likely N-dealkylation sites (N-methyl/N-ethyl adjacent to an activating group) is 1. The minimum atomic E-state index is -3.00. The van der Waals surface area contributed by atoms with Crippen molar-refractivity contribution in [2.45, 2.75) is 50.5 Å². The topological polar surface area (TPSA) is 216 Å². The van der Waals surface area contributed by atoms with Crippen molar-refractivity contribution in [1.82, 2.24) is 9.47 Å². The first-order valence-corrected chi connectivity index (χ1v) is 13.8. The van der Waals surface area contributed by atoms with E-state index in [1.54, 1.807) is 17.7 Å². The predicted octanol–water partition coefficient (Wildman–Crippen LogP) is 0.655. The van der Waals surface area contributed by atoms with Gasteiger partial charge in [0, 0.05) is 23.9 Å². The smallest absolute Gasteiger partial charge is 0.255 e. The molecule has 4 unspecified atom stereocenters. The maximum atomic E-state index is 14.0. The molecule has 5 rings (SSSR count). The Kier molecular flexibility index (Phi) is 7.23.